The van der Waals surface area contributed by atoms with E-state index in [-0.39, 0.29) is 5.41 Å². The van der Waals surface area contributed by atoms with E-state index in [0.29, 0.717) is 0 Å². The van der Waals surface area contributed by atoms with Crippen molar-refractivity contribution in [3.63, 3.8) is 0 Å². The molecule has 10 aromatic carbocycles. The van der Waals surface area contributed by atoms with E-state index in [4.69, 9.17) is 0 Å². The normalized spacial score (nSPS) is 12.6. The third-order valence-electron chi connectivity index (χ3n) is 13.1. The van der Waals surface area contributed by atoms with Crippen molar-refractivity contribution in [2.24, 2.45) is 0 Å². The molecule has 0 amide bonds. The van der Waals surface area contributed by atoms with Gasteiger partial charge in [-0.15, -0.1) is 0 Å². The first-order chi connectivity index (χ1) is 30.7. The maximum absolute atomic E-state index is 2.45. The highest BCUT2D eigenvalue weighted by molar-refractivity contribution is 5.96. The number of fused-ring (bicyclic) bond motifs is 10. The standard InChI is InChI=1S/C61H41N/c1-4-16-42(17-5-1)45-28-33-50(34-29-45)62(51-35-30-46(31-36-51)43-18-6-2-7-19-43)52-39-48(44-20-8-3-9-21-44)38-49(40-52)47-32-37-60-56(41-47)55-24-12-15-27-59(55)61(60)57-25-13-10-22-53(57)54-23-11-14-26-58(54)61/h1-41H. The Morgan fingerprint density at radius 3 is 1.02 bits per heavy atom. The van der Waals surface area contributed by atoms with Crippen LogP contribution in [0.15, 0.2) is 249 Å². The molecule has 0 unspecified atom stereocenters. The summed E-state index contributed by atoms with van der Waals surface area (Å²) >= 11 is 0. The van der Waals surface area contributed by atoms with E-state index < -0.39 is 0 Å². The van der Waals surface area contributed by atoms with Crippen LogP contribution in [-0.4, -0.2) is 0 Å². The Bertz CT molecular complexity index is 3130. The van der Waals surface area contributed by atoms with Gasteiger partial charge in [0.25, 0.3) is 0 Å². The van der Waals surface area contributed by atoms with Gasteiger partial charge >= 0.3 is 0 Å². The Morgan fingerprint density at radius 2 is 0.548 bits per heavy atom. The molecule has 12 rings (SSSR count). The van der Waals surface area contributed by atoms with E-state index in [1.807, 2.05) is 0 Å². The fourth-order valence-corrected chi connectivity index (χ4v) is 10.3. The molecule has 0 radical (unpaired) electrons. The van der Waals surface area contributed by atoms with Crippen LogP contribution in [0.5, 0.6) is 0 Å². The van der Waals surface area contributed by atoms with Crippen molar-refractivity contribution in [3.8, 4) is 66.8 Å². The summed E-state index contributed by atoms with van der Waals surface area (Å²) in [6.07, 6.45) is 0. The molecule has 0 N–H and O–H groups in total. The van der Waals surface area contributed by atoms with Gasteiger partial charge in [-0.25, -0.2) is 0 Å². The summed E-state index contributed by atoms with van der Waals surface area (Å²) < 4.78 is 0. The molecule has 2 aliphatic carbocycles. The Balaban J connectivity index is 1.05. The molecule has 1 nitrogen and oxygen atoms in total. The summed E-state index contributed by atoms with van der Waals surface area (Å²) in [6.45, 7) is 0. The molecule has 2 aliphatic rings. The second kappa shape index (κ2) is 14.6. The molecule has 0 atom stereocenters. The Labute approximate surface area is 363 Å². The van der Waals surface area contributed by atoms with Gasteiger partial charge in [0.2, 0.25) is 0 Å². The minimum absolute atomic E-state index is 0.372. The Kier molecular flexibility index (Phi) is 8.47. The number of anilines is 3. The quantitative estimate of drug-likeness (QED) is 0.155. The van der Waals surface area contributed by atoms with Gasteiger partial charge in [-0.2, -0.15) is 0 Å². The van der Waals surface area contributed by atoms with Crippen LogP contribution in [0.4, 0.5) is 17.1 Å². The van der Waals surface area contributed by atoms with E-state index >= 15 is 0 Å². The molecule has 62 heavy (non-hydrogen) atoms. The van der Waals surface area contributed by atoms with Crippen LogP contribution >= 0.6 is 0 Å². The van der Waals surface area contributed by atoms with Crippen LogP contribution in [0.2, 0.25) is 0 Å². The number of hydrogen-bond acceptors (Lipinski definition) is 1. The predicted octanol–water partition coefficient (Wildman–Crippen LogP) is 16.2. The smallest absolute Gasteiger partial charge is 0.0725 e. The lowest BCUT2D eigenvalue weighted by Gasteiger charge is -2.30. The van der Waals surface area contributed by atoms with Gasteiger partial charge in [-0.3, -0.25) is 0 Å². The van der Waals surface area contributed by atoms with E-state index in [2.05, 4.69) is 254 Å². The zero-order chi connectivity index (χ0) is 41.0. The van der Waals surface area contributed by atoms with Gasteiger partial charge in [0.05, 0.1) is 5.41 Å². The van der Waals surface area contributed by atoms with Crippen molar-refractivity contribution < 1.29 is 0 Å². The van der Waals surface area contributed by atoms with Crippen LogP contribution in [0.1, 0.15) is 22.3 Å². The molecular formula is C61H41N. The first kappa shape index (κ1) is 35.9. The molecule has 10 aromatic rings. The summed E-state index contributed by atoms with van der Waals surface area (Å²) in [4.78, 5) is 2.41. The fourth-order valence-electron chi connectivity index (χ4n) is 10.3. The van der Waals surface area contributed by atoms with Crippen LogP contribution in [0, 0.1) is 0 Å². The SMILES string of the molecule is c1ccc(-c2ccc(N(c3ccc(-c4ccccc4)cc3)c3cc(-c4ccccc4)cc(-c4ccc5c(c4)-c4ccccc4C54c5ccccc5-c5ccccc54)c3)cc2)cc1. The average Bonchev–Trinajstić information content (AvgIpc) is 3.82. The Hall–Kier alpha value is -8.00. The Morgan fingerprint density at radius 1 is 0.210 bits per heavy atom. The molecular weight excluding hydrogens is 747 g/mol. The highest BCUT2D eigenvalue weighted by Crippen LogP contribution is 2.63. The van der Waals surface area contributed by atoms with Gasteiger partial charge in [0.1, 0.15) is 0 Å². The highest BCUT2D eigenvalue weighted by atomic mass is 15.1. The second-order valence-corrected chi connectivity index (χ2v) is 16.4. The molecule has 0 aliphatic heterocycles. The summed E-state index contributed by atoms with van der Waals surface area (Å²) in [7, 11) is 0. The molecule has 290 valence electrons. The second-order valence-electron chi connectivity index (χ2n) is 16.4. The maximum atomic E-state index is 2.45. The minimum Gasteiger partial charge on any atom is -0.310 e. The number of hydrogen-bond donors (Lipinski definition) is 0. The molecule has 0 bridgehead atoms. The lowest BCUT2D eigenvalue weighted by molar-refractivity contribution is 0.794. The van der Waals surface area contributed by atoms with Gasteiger partial charge < -0.3 is 4.90 Å². The molecule has 0 fully saturated rings. The largest absolute Gasteiger partial charge is 0.310 e. The van der Waals surface area contributed by atoms with Crippen molar-refractivity contribution >= 4 is 17.1 Å². The van der Waals surface area contributed by atoms with E-state index in [0.717, 1.165) is 17.1 Å². The monoisotopic (exact) mass is 787 g/mol. The van der Waals surface area contributed by atoms with Crippen molar-refractivity contribution in [2.75, 3.05) is 4.90 Å². The van der Waals surface area contributed by atoms with Gasteiger partial charge in [0, 0.05) is 17.1 Å². The lowest BCUT2D eigenvalue weighted by Crippen LogP contribution is -2.25. The first-order valence-corrected chi connectivity index (χ1v) is 21.5. The topological polar surface area (TPSA) is 3.24 Å². The van der Waals surface area contributed by atoms with E-state index in [1.54, 1.807) is 0 Å². The number of benzene rings is 10. The van der Waals surface area contributed by atoms with E-state index in [1.165, 1.54) is 89.0 Å². The summed E-state index contributed by atoms with van der Waals surface area (Å²) in [5.74, 6) is 0. The molecule has 0 saturated carbocycles. The molecule has 1 spiro atoms. The molecule has 1 heteroatoms. The summed E-state index contributed by atoms with van der Waals surface area (Å²) in [5, 5.41) is 0. The van der Waals surface area contributed by atoms with Gasteiger partial charge in [-0.1, -0.05) is 200 Å². The average molecular weight is 788 g/mol. The third kappa shape index (κ3) is 5.70. The van der Waals surface area contributed by atoms with Gasteiger partial charge in [-0.05, 0) is 138 Å². The zero-order valence-electron chi connectivity index (χ0n) is 34.1. The van der Waals surface area contributed by atoms with Crippen LogP contribution in [-0.2, 0) is 5.41 Å². The van der Waals surface area contributed by atoms with Crippen molar-refractivity contribution in [3.05, 3.63) is 271 Å². The van der Waals surface area contributed by atoms with Gasteiger partial charge in [0.15, 0.2) is 0 Å². The zero-order valence-corrected chi connectivity index (χ0v) is 34.1. The van der Waals surface area contributed by atoms with E-state index in [9.17, 15) is 0 Å². The minimum atomic E-state index is -0.372. The highest BCUT2D eigenvalue weighted by Gasteiger charge is 2.51. The molecule has 0 aromatic heterocycles. The lowest BCUT2D eigenvalue weighted by atomic mass is 9.70. The predicted molar refractivity (Wildman–Crippen MR) is 259 cm³/mol. The first-order valence-electron chi connectivity index (χ1n) is 21.5. The fraction of sp³-hybridized carbons (Fsp3) is 0.0164. The number of rotatable bonds is 7. The molecule has 0 heterocycles. The summed E-state index contributed by atoms with van der Waals surface area (Å²) in [6, 6.07) is 91.4. The molecule has 0 saturated heterocycles. The summed E-state index contributed by atoms with van der Waals surface area (Å²) in [5.41, 5.74) is 23.1. The van der Waals surface area contributed by atoms with Crippen molar-refractivity contribution in [1.29, 1.82) is 0 Å². The van der Waals surface area contributed by atoms with Crippen molar-refractivity contribution in [2.45, 2.75) is 5.41 Å². The van der Waals surface area contributed by atoms with Crippen molar-refractivity contribution in [1.82, 2.24) is 0 Å². The maximum Gasteiger partial charge on any atom is 0.0725 e. The number of nitrogens with zero attached hydrogens (tertiary/aromatic N) is 1. The van der Waals surface area contributed by atoms with Crippen LogP contribution in [0.3, 0.4) is 0 Å². The van der Waals surface area contributed by atoms with Crippen LogP contribution in [0.25, 0.3) is 66.8 Å². The third-order valence-corrected chi connectivity index (χ3v) is 13.1. The van der Waals surface area contributed by atoms with Crippen LogP contribution < -0.4 is 4.90 Å².